The molecule has 7 atom stereocenters. The van der Waals surface area contributed by atoms with Crippen LogP contribution in [-0.4, -0.2) is 41.5 Å². The highest BCUT2D eigenvalue weighted by Crippen LogP contribution is 2.62. The van der Waals surface area contributed by atoms with Crippen LogP contribution < -0.4 is 0 Å². The van der Waals surface area contributed by atoms with Gasteiger partial charge in [-0.1, -0.05) is 33.4 Å². The standard InChI is InChI=1S/C26H36O7/c1-13-9-10-19-20(25(19,7)8)11-14(2)24(30)26(33-18(6)29)12-15(3)23(32-17(5)28)21(26)22(13)31-16(4)27/h11,15,19-23H,1,9-10,12H2,2-8H3/b14-11+/t15-,19-,20+,21-,22?,23-,26+/m0/s1. The molecular weight excluding hydrogens is 424 g/mol. The molecule has 0 amide bonds. The Hall–Kier alpha value is -2.44. The number of allylic oxidation sites excluding steroid dienone is 1. The molecule has 2 fully saturated rings. The molecule has 0 heterocycles. The van der Waals surface area contributed by atoms with Crippen LogP contribution >= 0.6 is 0 Å². The van der Waals surface area contributed by atoms with Gasteiger partial charge in [0, 0.05) is 27.2 Å². The van der Waals surface area contributed by atoms with E-state index in [0.717, 1.165) is 6.42 Å². The van der Waals surface area contributed by atoms with E-state index in [2.05, 4.69) is 20.4 Å². The zero-order valence-corrected chi connectivity index (χ0v) is 20.7. The summed E-state index contributed by atoms with van der Waals surface area (Å²) in [5.41, 5.74) is -0.457. The molecule has 0 radical (unpaired) electrons. The van der Waals surface area contributed by atoms with Crippen molar-refractivity contribution in [1.82, 2.24) is 0 Å². The quantitative estimate of drug-likeness (QED) is 0.357. The minimum atomic E-state index is -1.63. The molecule has 0 aromatic rings. The van der Waals surface area contributed by atoms with Crippen LogP contribution in [0, 0.1) is 29.1 Å². The van der Waals surface area contributed by atoms with Gasteiger partial charge in [-0.3, -0.25) is 19.2 Å². The third-order valence-corrected chi connectivity index (χ3v) is 7.82. The summed E-state index contributed by atoms with van der Waals surface area (Å²) in [6, 6.07) is 0. The first-order chi connectivity index (χ1) is 15.2. The van der Waals surface area contributed by atoms with Crippen LogP contribution in [0.3, 0.4) is 0 Å². The molecule has 3 aliphatic rings. The lowest BCUT2D eigenvalue weighted by molar-refractivity contribution is -0.182. The smallest absolute Gasteiger partial charge is 0.303 e. The summed E-state index contributed by atoms with van der Waals surface area (Å²) in [7, 11) is 0. The Balaban J connectivity index is 2.23. The van der Waals surface area contributed by atoms with E-state index >= 15 is 0 Å². The number of carbonyl (C=O) groups is 4. The molecule has 2 saturated carbocycles. The van der Waals surface area contributed by atoms with Gasteiger partial charge in [-0.25, -0.2) is 0 Å². The lowest BCUT2D eigenvalue weighted by Crippen LogP contribution is -2.55. The molecule has 7 heteroatoms. The second-order valence-corrected chi connectivity index (χ2v) is 10.6. The molecule has 0 aliphatic heterocycles. The summed E-state index contributed by atoms with van der Waals surface area (Å²) in [5.74, 6) is -2.64. The maximum Gasteiger partial charge on any atom is 0.303 e. The van der Waals surface area contributed by atoms with E-state index in [0.29, 0.717) is 23.5 Å². The first kappa shape index (κ1) is 25.2. The molecule has 0 aromatic heterocycles. The van der Waals surface area contributed by atoms with Crippen molar-refractivity contribution in [2.75, 3.05) is 0 Å². The summed E-state index contributed by atoms with van der Waals surface area (Å²) in [5, 5.41) is 0. The number of esters is 3. The highest BCUT2D eigenvalue weighted by molar-refractivity contribution is 6.03. The van der Waals surface area contributed by atoms with Crippen LogP contribution in [0.15, 0.2) is 23.8 Å². The Morgan fingerprint density at radius 1 is 1.06 bits per heavy atom. The normalized spacial score (nSPS) is 39.2. The van der Waals surface area contributed by atoms with Crippen LogP contribution in [0.1, 0.15) is 67.7 Å². The van der Waals surface area contributed by atoms with Crippen molar-refractivity contribution in [3.63, 3.8) is 0 Å². The molecule has 3 rings (SSSR count). The Bertz CT molecular complexity index is 914. The summed E-state index contributed by atoms with van der Waals surface area (Å²) in [6.45, 7) is 16.0. The van der Waals surface area contributed by atoms with Crippen molar-refractivity contribution in [2.24, 2.45) is 29.1 Å². The summed E-state index contributed by atoms with van der Waals surface area (Å²) < 4.78 is 17.3. The Morgan fingerprint density at radius 3 is 2.21 bits per heavy atom. The summed E-state index contributed by atoms with van der Waals surface area (Å²) >= 11 is 0. The third kappa shape index (κ3) is 4.51. The average Bonchev–Trinajstić information content (AvgIpc) is 3.07. The average molecular weight is 461 g/mol. The number of Topliss-reactive ketones (excluding diaryl/α,β-unsaturated/α-hetero) is 1. The minimum Gasteiger partial charge on any atom is -0.462 e. The third-order valence-electron chi connectivity index (χ3n) is 7.82. The number of ether oxygens (including phenoxy) is 3. The van der Waals surface area contributed by atoms with Gasteiger partial charge in [0.2, 0.25) is 5.78 Å². The zero-order chi connectivity index (χ0) is 24.9. The van der Waals surface area contributed by atoms with Crippen LogP contribution in [0.25, 0.3) is 0 Å². The van der Waals surface area contributed by atoms with Crippen LogP contribution in [0.4, 0.5) is 0 Å². The topological polar surface area (TPSA) is 96.0 Å². The molecule has 182 valence electrons. The van der Waals surface area contributed by atoms with Crippen molar-refractivity contribution < 1.29 is 33.4 Å². The Morgan fingerprint density at radius 2 is 1.67 bits per heavy atom. The summed E-state index contributed by atoms with van der Waals surface area (Å²) in [6.07, 6.45) is 1.83. The number of fused-ring (bicyclic) bond motifs is 2. The minimum absolute atomic E-state index is 0.0369. The van der Waals surface area contributed by atoms with E-state index in [-0.39, 0.29) is 29.5 Å². The number of hydrogen-bond donors (Lipinski definition) is 0. The molecule has 1 unspecified atom stereocenters. The fourth-order valence-corrected chi connectivity index (χ4v) is 6.22. The molecular formula is C26H36O7. The number of ketones is 1. The number of rotatable bonds is 3. The van der Waals surface area contributed by atoms with Crippen LogP contribution in [0.2, 0.25) is 0 Å². The van der Waals surface area contributed by atoms with Gasteiger partial charge in [-0.05, 0) is 54.1 Å². The van der Waals surface area contributed by atoms with E-state index in [1.165, 1.54) is 20.8 Å². The molecule has 0 saturated heterocycles. The number of hydrogen-bond acceptors (Lipinski definition) is 7. The van der Waals surface area contributed by atoms with Gasteiger partial charge in [0.25, 0.3) is 0 Å². The van der Waals surface area contributed by atoms with Gasteiger partial charge in [0.15, 0.2) is 5.60 Å². The van der Waals surface area contributed by atoms with Crippen molar-refractivity contribution in [2.45, 2.75) is 85.5 Å². The monoisotopic (exact) mass is 460 g/mol. The van der Waals surface area contributed by atoms with E-state index in [9.17, 15) is 19.2 Å². The van der Waals surface area contributed by atoms with E-state index in [4.69, 9.17) is 14.2 Å². The van der Waals surface area contributed by atoms with Gasteiger partial charge in [0.1, 0.15) is 12.2 Å². The van der Waals surface area contributed by atoms with E-state index in [1.807, 2.05) is 13.0 Å². The molecule has 3 aliphatic carbocycles. The predicted octanol–water partition coefficient (Wildman–Crippen LogP) is 3.95. The van der Waals surface area contributed by atoms with Gasteiger partial charge in [-0.15, -0.1) is 0 Å². The number of carbonyl (C=O) groups excluding carboxylic acids is 4. The second-order valence-electron chi connectivity index (χ2n) is 10.6. The first-order valence-corrected chi connectivity index (χ1v) is 11.7. The molecule has 33 heavy (non-hydrogen) atoms. The van der Waals surface area contributed by atoms with Crippen molar-refractivity contribution >= 4 is 23.7 Å². The van der Waals surface area contributed by atoms with Gasteiger partial charge < -0.3 is 14.2 Å². The maximum absolute atomic E-state index is 14.0. The second kappa shape index (κ2) is 8.73. The van der Waals surface area contributed by atoms with Crippen molar-refractivity contribution in [3.05, 3.63) is 23.8 Å². The Labute approximate surface area is 195 Å². The lowest BCUT2D eigenvalue weighted by Gasteiger charge is -2.39. The van der Waals surface area contributed by atoms with Crippen molar-refractivity contribution in [1.29, 1.82) is 0 Å². The first-order valence-electron chi connectivity index (χ1n) is 11.7. The predicted molar refractivity (Wildman–Crippen MR) is 121 cm³/mol. The highest BCUT2D eigenvalue weighted by atomic mass is 16.6. The van der Waals surface area contributed by atoms with E-state index < -0.39 is 41.6 Å². The van der Waals surface area contributed by atoms with Crippen LogP contribution in [-0.2, 0) is 33.4 Å². The SMILES string of the molecule is C=C1CC[C@H]2[C@@H](/C=C(\C)C(=O)[C@@]3(OC(C)=O)C[C@H](C)[C@H](OC(C)=O)[C@@H]3C1OC(C)=O)C2(C)C. The van der Waals surface area contributed by atoms with Crippen molar-refractivity contribution in [3.8, 4) is 0 Å². The largest absolute Gasteiger partial charge is 0.462 e. The van der Waals surface area contributed by atoms with E-state index in [1.54, 1.807) is 6.92 Å². The fourth-order valence-electron chi connectivity index (χ4n) is 6.22. The fraction of sp³-hybridized carbons (Fsp3) is 0.692. The van der Waals surface area contributed by atoms with Gasteiger partial charge >= 0.3 is 17.9 Å². The summed E-state index contributed by atoms with van der Waals surface area (Å²) in [4.78, 5) is 50.5. The maximum atomic E-state index is 14.0. The van der Waals surface area contributed by atoms with Crippen LogP contribution in [0.5, 0.6) is 0 Å². The lowest BCUT2D eigenvalue weighted by atomic mass is 9.76. The van der Waals surface area contributed by atoms with Gasteiger partial charge in [-0.2, -0.15) is 0 Å². The molecule has 0 bridgehead atoms. The Kier molecular flexibility index (Phi) is 6.66. The molecule has 7 nitrogen and oxygen atoms in total. The molecule has 0 aromatic carbocycles. The highest BCUT2D eigenvalue weighted by Gasteiger charge is 2.65. The molecule has 0 spiro atoms. The zero-order valence-electron chi connectivity index (χ0n) is 20.7. The molecule has 0 N–H and O–H groups in total. The van der Waals surface area contributed by atoms with Gasteiger partial charge in [0.05, 0.1) is 5.92 Å².